The monoisotopic (exact) mass is 436 g/mol. The second kappa shape index (κ2) is 8.48. The highest BCUT2D eigenvalue weighted by molar-refractivity contribution is 6.44. The van der Waals surface area contributed by atoms with Gasteiger partial charge in [0.1, 0.15) is 23.2 Å². The number of aromatic carboxylic acids is 1. The molecule has 8 nitrogen and oxygen atoms in total. The van der Waals surface area contributed by atoms with Gasteiger partial charge < -0.3 is 29.7 Å². The molecule has 0 aliphatic carbocycles. The molecule has 0 unspecified atom stereocenters. The summed E-state index contributed by atoms with van der Waals surface area (Å²) >= 11 is 0. The topological polar surface area (TPSA) is 108 Å². The van der Waals surface area contributed by atoms with Crippen LogP contribution in [0, 0.1) is 0 Å². The average Bonchev–Trinajstić information content (AvgIpc) is 3.26. The van der Waals surface area contributed by atoms with E-state index in [0.717, 1.165) is 18.5 Å². The van der Waals surface area contributed by atoms with Gasteiger partial charge in [-0.1, -0.05) is 36.4 Å². The van der Waals surface area contributed by atoms with Crippen molar-refractivity contribution in [2.75, 3.05) is 19.6 Å². The number of aryl methyl sites for hydroxylation is 1. The zero-order valence-corrected chi connectivity index (χ0v) is 17.6. The zero-order valence-electron chi connectivity index (χ0n) is 17.6. The molecule has 32 heavy (non-hydrogen) atoms. The summed E-state index contributed by atoms with van der Waals surface area (Å²) in [4.78, 5) is 26.5. The number of nitrogens with zero attached hydrogens (tertiary/aromatic N) is 1. The van der Waals surface area contributed by atoms with Crippen molar-refractivity contribution in [3.8, 4) is 11.5 Å². The summed E-state index contributed by atoms with van der Waals surface area (Å²) in [6.45, 7) is 1.59. The first-order valence-electron chi connectivity index (χ1n) is 11.0. The van der Waals surface area contributed by atoms with E-state index in [4.69, 9.17) is 9.39 Å². The molecule has 3 aliphatic rings. The molecule has 0 bridgehead atoms. The number of carbonyl (C=O) groups excluding carboxylic acids is 1. The predicted molar refractivity (Wildman–Crippen MR) is 117 cm³/mol. The number of ether oxygens (including phenoxy) is 1. The lowest BCUT2D eigenvalue weighted by Crippen LogP contribution is -2.59. The van der Waals surface area contributed by atoms with E-state index in [9.17, 15) is 19.7 Å². The third kappa shape index (κ3) is 3.94. The van der Waals surface area contributed by atoms with E-state index in [2.05, 4.69) is 17.4 Å². The van der Waals surface area contributed by atoms with Gasteiger partial charge in [0.25, 0.3) is 0 Å². The first kappa shape index (κ1) is 20.8. The summed E-state index contributed by atoms with van der Waals surface area (Å²) < 4.78 is 11.3. The van der Waals surface area contributed by atoms with Gasteiger partial charge in [0.05, 0.1) is 19.1 Å². The third-order valence-corrected chi connectivity index (χ3v) is 6.48. The molecule has 3 aliphatic heterocycles. The van der Waals surface area contributed by atoms with E-state index in [1.807, 2.05) is 18.2 Å². The maximum absolute atomic E-state index is 12.9. The molecule has 0 saturated carbocycles. The van der Waals surface area contributed by atoms with Crippen LogP contribution >= 0.6 is 0 Å². The summed E-state index contributed by atoms with van der Waals surface area (Å²) in [6.07, 6.45) is 1.45. The molecular weight excluding hydrogens is 411 g/mol. The van der Waals surface area contributed by atoms with E-state index in [-0.39, 0.29) is 35.1 Å². The van der Waals surface area contributed by atoms with E-state index in [1.54, 1.807) is 17.0 Å². The lowest BCUT2D eigenvalue weighted by Gasteiger charge is -2.40. The third-order valence-electron chi connectivity index (χ3n) is 6.48. The highest BCUT2D eigenvalue weighted by Crippen LogP contribution is 2.37. The van der Waals surface area contributed by atoms with Crippen molar-refractivity contribution >= 4 is 19.0 Å². The Kier molecular flexibility index (Phi) is 5.52. The Labute approximate surface area is 186 Å². The van der Waals surface area contributed by atoms with Crippen molar-refractivity contribution in [3.05, 3.63) is 59.2 Å². The average molecular weight is 436 g/mol. The second-order valence-electron chi connectivity index (χ2n) is 8.63. The van der Waals surface area contributed by atoms with Crippen LogP contribution in [0.3, 0.4) is 0 Å². The summed E-state index contributed by atoms with van der Waals surface area (Å²) in [5.41, 5.74) is 1.90. The van der Waals surface area contributed by atoms with E-state index < -0.39 is 13.1 Å². The Morgan fingerprint density at radius 3 is 2.69 bits per heavy atom. The number of benzene rings is 2. The molecule has 2 aromatic carbocycles. The van der Waals surface area contributed by atoms with Crippen molar-refractivity contribution in [2.45, 2.75) is 37.2 Å². The molecular formula is C23H25BN2O6. The van der Waals surface area contributed by atoms with E-state index in [1.165, 1.54) is 5.56 Å². The molecule has 0 radical (unpaired) electrons. The Morgan fingerprint density at radius 2 is 1.94 bits per heavy atom. The van der Waals surface area contributed by atoms with Crippen LogP contribution in [0.5, 0.6) is 11.5 Å². The van der Waals surface area contributed by atoms with Gasteiger partial charge in [0.2, 0.25) is 5.91 Å². The standard InChI is InChI=1S/C23H25BN2O6/c27-22(18-10-16(11-25-18)14-4-2-1-3-5-14)26-12-17(13-26)31-19-7-6-15-8-9-24(30)32-21(15)20(19)23(28)29/h1-7,16-18,25,30H,8-13H2,(H,28,29)/t16-,18-/m0/s1. The molecule has 166 valence electrons. The molecule has 1 amide bonds. The van der Waals surface area contributed by atoms with Crippen LogP contribution in [0.4, 0.5) is 0 Å². The molecule has 2 atom stereocenters. The number of carboxylic acid groups (broad SMARTS) is 1. The normalized spacial score (nSPS) is 22.7. The van der Waals surface area contributed by atoms with Gasteiger partial charge in [-0.25, -0.2) is 4.79 Å². The molecule has 3 N–H and O–H groups in total. The number of carbonyl (C=O) groups is 2. The number of fused-ring (bicyclic) bond motifs is 1. The first-order chi connectivity index (χ1) is 15.5. The lowest BCUT2D eigenvalue weighted by atomic mass is 9.78. The van der Waals surface area contributed by atoms with Crippen LogP contribution in [-0.4, -0.2) is 65.8 Å². The lowest BCUT2D eigenvalue weighted by molar-refractivity contribution is -0.142. The largest absolute Gasteiger partial charge is 0.535 e. The maximum atomic E-state index is 12.9. The van der Waals surface area contributed by atoms with Crippen molar-refractivity contribution in [3.63, 3.8) is 0 Å². The Bertz CT molecular complexity index is 1030. The van der Waals surface area contributed by atoms with Crippen LogP contribution in [0.1, 0.15) is 33.8 Å². The fourth-order valence-corrected chi connectivity index (χ4v) is 4.71. The number of hydrogen-bond donors (Lipinski definition) is 3. The van der Waals surface area contributed by atoms with Crippen LogP contribution in [0.2, 0.25) is 6.32 Å². The minimum atomic E-state index is -1.17. The van der Waals surface area contributed by atoms with Crippen LogP contribution in [0.15, 0.2) is 42.5 Å². The summed E-state index contributed by atoms with van der Waals surface area (Å²) in [7, 11) is -1.02. The van der Waals surface area contributed by atoms with Crippen molar-refractivity contribution in [2.24, 2.45) is 0 Å². The van der Waals surface area contributed by atoms with Crippen LogP contribution < -0.4 is 14.7 Å². The van der Waals surface area contributed by atoms with Crippen LogP contribution in [0.25, 0.3) is 0 Å². The van der Waals surface area contributed by atoms with Gasteiger partial charge >= 0.3 is 13.1 Å². The Balaban J connectivity index is 1.20. The van der Waals surface area contributed by atoms with Gasteiger partial charge in [-0.3, -0.25) is 4.79 Å². The fourth-order valence-electron chi connectivity index (χ4n) is 4.71. The molecule has 2 fully saturated rings. The number of nitrogens with one attached hydrogen (secondary N) is 1. The van der Waals surface area contributed by atoms with E-state index in [0.29, 0.717) is 31.7 Å². The molecule has 5 rings (SSSR count). The molecule has 9 heteroatoms. The van der Waals surface area contributed by atoms with Gasteiger partial charge in [0.15, 0.2) is 0 Å². The quantitative estimate of drug-likeness (QED) is 0.611. The van der Waals surface area contributed by atoms with Crippen molar-refractivity contribution < 1.29 is 29.1 Å². The van der Waals surface area contributed by atoms with Gasteiger partial charge in [-0.05, 0) is 42.3 Å². The highest BCUT2D eigenvalue weighted by atomic mass is 16.5. The van der Waals surface area contributed by atoms with Gasteiger partial charge in [-0.15, -0.1) is 0 Å². The van der Waals surface area contributed by atoms with E-state index >= 15 is 0 Å². The Morgan fingerprint density at radius 1 is 1.16 bits per heavy atom. The predicted octanol–water partition coefficient (Wildman–Crippen LogP) is 1.54. The SMILES string of the molecule is O=C(O)c1c(OC2CN(C(=O)[C@@H]3C[C@H](c4ccccc4)CN3)C2)ccc2c1OB(O)CC2. The molecule has 2 aromatic rings. The van der Waals surface area contributed by atoms with Crippen LogP contribution in [-0.2, 0) is 11.2 Å². The summed E-state index contributed by atoms with van der Waals surface area (Å²) in [5.74, 6) is -0.421. The van der Waals surface area contributed by atoms with Crippen molar-refractivity contribution in [1.29, 1.82) is 0 Å². The smallest absolute Gasteiger partial charge is 0.522 e. The molecule has 2 saturated heterocycles. The number of hydrogen-bond acceptors (Lipinski definition) is 6. The fraction of sp³-hybridized carbons (Fsp3) is 0.391. The number of likely N-dealkylation sites (tertiary alicyclic amines) is 1. The first-order valence-corrected chi connectivity index (χ1v) is 11.0. The Hall–Kier alpha value is -3.04. The highest BCUT2D eigenvalue weighted by Gasteiger charge is 2.40. The minimum Gasteiger partial charge on any atom is -0.535 e. The number of carboxylic acids is 1. The van der Waals surface area contributed by atoms with Gasteiger partial charge in [-0.2, -0.15) is 0 Å². The molecule has 0 spiro atoms. The second-order valence-corrected chi connectivity index (χ2v) is 8.63. The maximum Gasteiger partial charge on any atom is 0.522 e. The minimum absolute atomic E-state index is 0.0543. The zero-order chi connectivity index (χ0) is 22.2. The van der Waals surface area contributed by atoms with Gasteiger partial charge in [0, 0.05) is 6.54 Å². The number of amides is 1. The number of rotatable bonds is 5. The summed E-state index contributed by atoms with van der Waals surface area (Å²) in [5, 5.41) is 22.8. The molecule has 3 heterocycles. The summed E-state index contributed by atoms with van der Waals surface area (Å²) in [6, 6.07) is 13.4. The van der Waals surface area contributed by atoms with Crippen molar-refractivity contribution in [1.82, 2.24) is 10.2 Å². The molecule has 0 aromatic heterocycles.